The third-order valence-electron chi connectivity index (χ3n) is 3.95. The molecule has 0 unspecified atom stereocenters. The van der Waals surface area contributed by atoms with E-state index in [9.17, 15) is 0 Å². The van der Waals surface area contributed by atoms with Crippen molar-refractivity contribution in [1.29, 1.82) is 0 Å². The first-order valence-electron chi connectivity index (χ1n) is 7.71. The molecule has 8 heteroatoms. The van der Waals surface area contributed by atoms with Gasteiger partial charge in [-0.05, 0) is 24.3 Å². The fourth-order valence-electron chi connectivity index (χ4n) is 2.61. The smallest absolute Gasteiger partial charge is 0.324 e. The highest BCUT2D eigenvalue weighted by Gasteiger charge is 2.21. The summed E-state index contributed by atoms with van der Waals surface area (Å²) in [6.07, 6.45) is 0. The van der Waals surface area contributed by atoms with Gasteiger partial charge in [0.2, 0.25) is 5.95 Å². The first-order valence-corrected chi connectivity index (χ1v) is 7.71. The van der Waals surface area contributed by atoms with Crippen LogP contribution in [-0.2, 0) is 0 Å². The molecule has 0 radical (unpaired) electrons. The number of rotatable bonds is 5. The molecule has 0 spiro atoms. The maximum absolute atomic E-state index is 5.20. The van der Waals surface area contributed by atoms with Gasteiger partial charge in [-0.2, -0.15) is 9.97 Å². The Morgan fingerprint density at radius 1 is 0.708 bits per heavy atom. The fraction of sp³-hybridized carbons (Fsp3) is 0.438. The minimum absolute atomic E-state index is 0.259. The highest BCUT2D eigenvalue weighted by Crippen LogP contribution is 2.22. The Balaban J connectivity index is 1.68. The summed E-state index contributed by atoms with van der Waals surface area (Å²) in [7, 11) is 4.73. The van der Waals surface area contributed by atoms with E-state index in [-0.39, 0.29) is 12.0 Å². The summed E-state index contributed by atoms with van der Waals surface area (Å²) in [4.78, 5) is 17.1. The van der Waals surface area contributed by atoms with Gasteiger partial charge in [-0.1, -0.05) is 0 Å². The van der Waals surface area contributed by atoms with Crippen molar-refractivity contribution in [3.8, 4) is 17.8 Å². The summed E-state index contributed by atoms with van der Waals surface area (Å²) >= 11 is 0. The topological polar surface area (TPSA) is 72.8 Å². The molecule has 3 rings (SSSR count). The molecule has 24 heavy (non-hydrogen) atoms. The molecule has 2 heterocycles. The third-order valence-corrected chi connectivity index (χ3v) is 3.95. The van der Waals surface area contributed by atoms with Gasteiger partial charge in [0.05, 0.1) is 21.3 Å². The summed E-state index contributed by atoms with van der Waals surface area (Å²) in [5, 5.41) is 0. The van der Waals surface area contributed by atoms with Crippen molar-refractivity contribution in [1.82, 2.24) is 15.0 Å². The molecule has 0 amide bonds. The molecular formula is C16H21N5O3. The second kappa shape index (κ2) is 7.20. The molecule has 0 saturated carbocycles. The molecule has 1 aliphatic heterocycles. The average molecular weight is 331 g/mol. The van der Waals surface area contributed by atoms with Crippen LogP contribution < -0.4 is 24.0 Å². The molecule has 1 saturated heterocycles. The van der Waals surface area contributed by atoms with E-state index in [2.05, 4.69) is 36.9 Å². The maximum atomic E-state index is 5.20. The molecule has 0 bridgehead atoms. The van der Waals surface area contributed by atoms with Gasteiger partial charge in [-0.3, -0.25) is 0 Å². The summed E-state index contributed by atoms with van der Waals surface area (Å²) in [5.74, 6) is 1.44. The van der Waals surface area contributed by atoms with E-state index >= 15 is 0 Å². The van der Waals surface area contributed by atoms with Gasteiger partial charge in [0.25, 0.3) is 0 Å². The Labute approximate surface area is 141 Å². The molecule has 0 aliphatic carbocycles. The average Bonchev–Trinajstić information content (AvgIpc) is 2.67. The van der Waals surface area contributed by atoms with Crippen molar-refractivity contribution in [3.63, 3.8) is 0 Å². The lowest BCUT2D eigenvalue weighted by atomic mass is 10.2. The van der Waals surface area contributed by atoms with E-state index in [0.717, 1.165) is 31.9 Å². The zero-order valence-corrected chi connectivity index (χ0v) is 14.1. The zero-order chi connectivity index (χ0) is 16.9. The monoisotopic (exact) mass is 331 g/mol. The molecule has 8 nitrogen and oxygen atoms in total. The van der Waals surface area contributed by atoms with E-state index < -0.39 is 0 Å². The van der Waals surface area contributed by atoms with E-state index in [0.29, 0.717) is 5.95 Å². The van der Waals surface area contributed by atoms with Crippen molar-refractivity contribution in [2.45, 2.75) is 0 Å². The number of methoxy groups -OCH3 is 3. The second-order valence-corrected chi connectivity index (χ2v) is 5.28. The minimum atomic E-state index is 0.259. The number of aromatic nitrogens is 3. The molecule has 2 aromatic rings. The Hall–Kier alpha value is -2.77. The molecule has 1 aliphatic rings. The SMILES string of the molecule is COc1ccc(N2CCN(c3nc(OC)nc(OC)n3)CC2)cc1. The lowest BCUT2D eigenvalue weighted by Gasteiger charge is -2.36. The van der Waals surface area contributed by atoms with Gasteiger partial charge >= 0.3 is 12.0 Å². The number of nitrogens with zero attached hydrogens (tertiary/aromatic N) is 5. The molecule has 128 valence electrons. The van der Waals surface area contributed by atoms with Crippen LogP contribution >= 0.6 is 0 Å². The van der Waals surface area contributed by atoms with E-state index in [1.807, 2.05) is 12.1 Å². The quantitative estimate of drug-likeness (QED) is 0.810. The minimum Gasteiger partial charge on any atom is -0.497 e. The molecular weight excluding hydrogens is 310 g/mol. The second-order valence-electron chi connectivity index (χ2n) is 5.28. The van der Waals surface area contributed by atoms with Crippen molar-refractivity contribution >= 4 is 11.6 Å². The standard InChI is InChI=1S/C16H21N5O3/c1-22-13-6-4-12(5-7-13)20-8-10-21(11-9-20)14-17-15(23-2)19-16(18-14)24-3/h4-7H,8-11H2,1-3H3. The van der Waals surface area contributed by atoms with Crippen LogP contribution in [0.2, 0.25) is 0 Å². The van der Waals surface area contributed by atoms with Crippen LogP contribution in [0.4, 0.5) is 11.6 Å². The Bertz CT molecular complexity index is 650. The first-order chi connectivity index (χ1) is 11.7. The van der Waals surface area contributed by atoms with Gasteiger partial charge < -0.3 is 24.0 Å². The molecule has 0 atom stereocenters. The Morgan fingerprint density at radius 3 is 1.75 bits per heavy atom. The third kappa shape index (κ3) is 3.42. The van der Waals surface area contributed by atoms with Crippen LogP contribution in [0.1, 0.15) is 0 Å². The summed E-state index contributed by atoms with van der Waals surface area (Å²) in [5.41, 5.74) is 1.18. The molecule has 1 fully saturated rings. The van der Waals surface area contributed by atoms with Crippen LogP contribution in [-0.4, -0.2) is 62.5 Å². The van der Waals surface area contributed by atoms with Gasteiger partial charge in [0, 0.05) is 31.9 Å². The largest absolute Gasteiger partial charge is 0.497 e. The molecule has 1 aromatic heterocycles. The van der Waals surface area contributed by atoms with E-state index in [4.69, 9.17) is 14.2 Å². The highest BCUT2D eigenvalue weighted by molar-refractivity contribution is 5.50. The number of piperazine rings is 1. The van der Waals surface area contributed by atoms with Crippen molar-refractivity contribution in [2.24, 2.45) is 0 Å². The highest BCUT2D eigenvalue weighted by atomic mass is 16.5. The Kier molecular flexibility index (Phi) is 4.83. The number of ether oxygens (including phenoxy) is 3. The van der Waals surface area contributed by atoms with Gasteiger partial charge in [0.15, 0.2) is 0 Å². The molecule has 1 aromatic carbocycles. The summed E-state index contributed by atoms with van der Waals surface area (Å²) in [6, 6.07) is 8.61. The first kappa shape index (κ1) is 16.1. The lowest BCUT2D eigenvalue weighted by molar-refractivity contribution is 0.339. The number of hydrogen-bond donors (Lipinski definition) is 0. The lowest BCUT2D eigenvalue weighted by Crippen LogP contribution is -2.47. The van der Waals surface area contributed by atoms with Crippen LogP contribution in [0.5, 0.6) is 17.8 Å². The van der Waals surface area contributed by atoms with Gasteiger partial charge in [-0.15, -0.1) is 4.98 Å². The van der Waals surface area contributed by atoms with Crippen LogP contribution in [0.25, 0.3) is 0 Å². The van der Waals surface area contributed by atoms with Crippen LogP contribution in [0.15, 0.2) is 24.3 Å². The van der Waals surface area contributed by atoms with Crippen LogP contribution in [0.3, 0.4) is 0 Å². The normalized spacial score (nSPS) is 14.5. The van der Waals surface area contributed by atoms with Crippen LogP contribution in [0, 0.1) is 0 Å². The number of benzene rings is 1. The zero-order valence-electron chi connectivity index (χ0n) is 14.1. The van der Waals surface area contributed by atoms with E-state index in [1.165, 1.54) is 19.9 Å². The fourth-order valence-corrected chi connectivity index (χ4v) is 2.61. The predicted octanol–water partition coefficient (Wildman–Crippen LogP) is 1.22. The van der Waals surface area contributed by atoms with Crippen molar-refractivity contribution in [2.75, 3.05) is 57.3 Å². The molecule has 0 N–H and O–H groups in total. The number of hydrogen-bond acceptors (Lipinski definition) is 8. The Morgan fingerprint density at radius 2 is 1.25 bits per heavy atom. The van der Waals surface area contributed by atoms with Crippen molar-refractivity contribution in [3.05, 3.63) is 24.3 Å². The number of anilines is 2. The van der Waals surface area contributed by atoms with Crippen molar-refractivity contribution < 1.29 is 14.2 Å². The summed E-state index contributed by atoms with van der Waals surface area (Å²) < 4.78 is 15.4. The van der Waals surface area contributed by atoms with Gasteiger partial charge in [-0.25, -0.2) is 0 Å². The predicted molar refractivity (Wildman–Crippen MR) is 90.4 cm³/mol. The van der Waals surface area contributed by atoms with Gasteiger partial charge in [0.1, 0.15) is 5.75 Å². The summed E-state index contributed by atoms with van der Waals surface area (Å²) in [6.45, 7) is 3.37. The maximum Gasteiger partial charge on any atom is 0.324 e. The van der Waals surface area contributed by atoms with E-state index in [1.54, 1.807) is 7.11 Å².